The molecule has 2 aromatic rings. The predicted molar refractivity (Wildman–Crippen MR) is 79.1 cm³/mol. The molecule has 0 fully saturated rings. The van der Waals surface area contributed by atoms with Gasteiger partial charge in [-0.2, -0.15) is 0 Å². The number of hydrogen-bond acceptors (Lipinski definition) is 3. The summed E-state index contributed by atoms with van der Waals surface area (Å²) in [7, 11) is 0. The molecule has 2 rings (SSSR count). The highest BCUT2D eigenvalue weighted by Crippen LogP contribution is 2.28. The number of benzene rings is 2. The van der Waals surface area contributed by atoms with E-state index in [1.54, 1.807) is 30.3 Å². The van der Waals surface area contributed by atoms with Gasteiger partial charge in [0, 0.05) is 21.3 Å². The normalized spacial score (nSPS) is 10.2. The molecule has 4 nitrogen and oxygen atoms in total. The average molecular weight is 296 g/mol. The van der Waals surface area contributed by atoms with Crippen LogP contribution in [0.4, 0.5) is 17.1 Å². The second-order valence-corrected chi connectivity index (χ2v) is 4.82. The number of hydrogen-bond donors (Lipinski definition) is 3. The molecule has 0 aromatic heterocycles. The standard InChI is InChI=1S/C13H11Cl2N3O/c14-8-4-9(15)6-10(5-8)18-12-2-1-7(13(17)19)3-11(12)16/h1-6,18H,16H2,(H2,17,19). The van der Waals surface area contributed by atoms with Crippen molar-refractivity contribution in [3.05, 3.63) is 52.0 Å². The van der Waals surface area contributed by atoms with Crippen molar-refractivity contribution < 1.29 is 4.79 Å². The highest BCUT2D eigenvalue weighted by Gasteiger charge is 2.06. The number of carbonyl (C=O) groups is 1. The second-order valence-electron chi connectivity index (χ2n) is 3.95. The molecule has 0 saturated carbocycles. The predicted octanol–water partition coefficient (Wildman–Crippen LogP) is 3.42. The van der Waals surface area contributed by atoms with Crippen LogP contribution in [-0.2, 0) is 0 Å². The summed E-state index contributed by atoms with van der Waals surface area (Å²) in [6.45, 7) is 0. The van der Waals surface area contributed by atoms with Gasteiger partial charge in [0.15, 0.2) is 0 Å². The maximum Gasteiger partial charge on any atom is 0.248 e. The number of nitrogens with one attached hydrogen (secondary N) is 1. The Bertz CT molecular complexity index is 624. The van der Waals surface area contributed by atoms with E-state index in [0.29, 0.717) is 32.7 Å². The van der Waals surface area contributed by atoms with Crippen LogP contribution >= 0.6 is 23.2 Å². The molecule has 5 N–H and O–H groups in total. The second kappa shape index (κ2) is 5.38. The molecule has 0 saturated heterocycles. The number of rotatable bonds is 3. The highest BCUT2D eigenvalue weighted by molar-refractivity contribution is 6.35. The van der Waals surface area contributed by atoms with Gasteiger partial charge in [0.05, 0.1) is 11.4 Å². The Morgan fingerprint density at radius 1 is 1.05 bits per heavy atom. The van der Waals surface area contributed by atoms with Gasteiger partial charge in [-0.15, -0.1) is 0 Å². The molecule has 6 heteroatoms. The molecule has 2 aromatic carbocycles. The van der Waals surface area contributed by atoms with Crippen LogP contribution in [0.15, 0.2) is 36.4 Å². The first-order valence-corrected chi connectivity index (χ1v) is 6.14. The minimum absolute atomic E-state index is 0.354. The van der Waals surface area contributed by atoms with E-state index in [2.05, 4.69) is 5.32 Å². The molecular formula is C13H11Cl2N3O. The van der Waals surface area contributed by atoms with Crippen LogP contribution in [0.5, 0.6) is 0 Å². The van der Waals surface area contributed by atoms with Crippen molar-refractivity contribution in [2.75, 3.05) is 11.1 Å². The molecule has 0 unspecified atom stereocenters. The maximum absolute atomic E-state index is 11.0. The van der Waals surface area contributed by atoms with Gasteiger partial charge in [-0.25, -0.2) is 0 Å². The lowest BCUT2D eigenvalue weighted by atomic mass is 10.1. The number of nitrogens with two attached hydrogens (primary N) is 2. The average Bonchev–Trinajstić information content (AvgIpc) is 2.30. The summed E-state index contributed by atoms with van der Waals surface area (Å²) < 4.78 is 0. The Morgan fingerprint density at radius 3 is 2.21 bits per heavy atom. The van der Waals surface area contributed by atoms with Gasteiger partial charge in [0.1, 0.15) is 0 Å². The van der Waals surface area contributed by atoms with Crippen LogP contribution in [0, 0.1) is 0 Å². The molecule has 0 aliphatic heterocycles. The summed E-state index contributed by atoms with van der Waals surface area (Å²) in [5, 5.41) is 4.11. The van der Waals surface area contributed by atoms with E-state index < -0.39 is 5.91 Å². The Balaban J connectivity index is 2.30. The number of amides is 1. The fourth-order valence-electron chi connectivity index (χ4n) is 1.61. The van der Waals surface area contributed by atoms with E-state index in [1.165, 1.54) is 6.07 Å². The summed E-state index contributed by atoms with van der Waals surface area (Å²) >= 11 is 11.8. The quantitative estimate of drug-likeness (QED) is 0.759. The minimum atomic E-state index is -0.524. The van der Waals surface area contributed by atoms with E-state index in [0.717, 1.165) is 0 Å². The summed E-state index contributed by atoms with van der Waals surface area (Å²) in [6.07, 6.45) is 0. The fourth-order valence-corrected chi connectivity index (χ4v) is 2.14. The van der Waals surface area contributed by atoms with Gasteiger partial charge in [0.2, 0.25) is 5.91 Å². The fraction of sp³-hybridized carbons (Fsp3) is 0. The van der Waals surface area contributed by atoms with Crippen LogP contribution in [-0.4, -0.2) is 5.91 Å². The van der Waals surface area contributed by atoms with Gasteiger partial charge in [-0.1, -0.05) is 23.2 Å². The largest absolute Gasteiger partial charge is 0.397 e. The molecular weight excluding hydrogens is 285 g/mol. The monoisotopic (exact) mass is 295 g/mol. The maximum atomic E-state index is 11.0. The smallest absolute Gasteiger partial charge is 0.248 e. The number of primary amides is 1. The van der Waals surface area contributed by atoms with Gasteiger partial charge in [-0.3, -0.25) is 4.79 Å². The molecule has 0 aliphatic rings. The molecule has 0 bridgehead atoms. The van der Waals surface area contributed by atoms with Crippen molar-refractivity contribution >= 4 is 46.2 Å². The molecule has 0 spiro atoms. The number of halogens is 2. The van der Waals surface area contributed by atoms with Crippen LogP contribution in [0.25, 0.3) is 0 Å². The Morgan fingerprint density at radius 2 is 1.68 bits per heavy atom. The van der Waals surface area contributed by atoms with Gasteiger partial charge in [-0.05, 0) is 36.4 Å². The van der Waals surface area contributed by atoms with E-state index in [-0.39, 0.29) is 0 Å². The molecule has 98 valence electrons. The Kier molecular flexibility index (Phi) is 3.83. The molecule has 0 aliphatic carbocycles. The zero-order valence-electron chi connectivity index (χ0n) is 9.78. The van der Waals surface area contributed by atoms with Crippen molar-refractivity contribution in [2.24, 2.45) is 5.73 Å². The van der Waals surface area contributed by atoms with Gasteiger partial charge < -0.3 is 16.8 Å². The molecule has 19 heavy (non-hydrogen) atoms. The Hall–Kier alpha value is -1.91. The molecule has 0 radical (unpaired) electrons. The van der Waals surface area contributed by atoms with Crippen molar-refractivity contribution in [1.82, 2.24) is 0 Å². The van der Waals surface area contributed by atoms with Crippen LogP contribution in [0.1, 0.15) is 10.4 Å². The third kappa shape index (κ3) is 3.30. The first-order chi connectivity index (χ1) is 8.95. The van der Waals surface area contributed by atoms with Crippen LogP contribution < -0.4 is 16.8 Å². The third-order valence-corrected chi connectivity index (χ3v) is 2.91. The highest BCUT2D eigenvalue weighted by atomic mass is 35.5. The van der Waals surface area contributed by atoms with E-state index in [1.807, 2.05) is 0 Å². The third-order valence-electron chi connectivity index (χ3n) is 2.48. The van der Waals surface area contributed by atoms with Gasteiger partial charge in [0.25, 0.3) is 0 Å². The lowest BCUT2D eigenvalue weighted by molar-refractivity contribution is 0.100. The summed E-state index contributed by atoms with van der Waals surface area (Å²) in [6, 6.07) is 9.84. The van der Waals surface area contributed by atoms with Crippen molar-refractivity contribution in [3.8, 4) is 0 Å². The van der Waals surface area contributed by atoms with E-state index >= 15 is 0 Å². The van der Waals surface area contributed by atoms with Gasteiger partial charge >= 0.3 is 0 Å². The first-order valence-electron chi connectivity index (χ1n) is 5.38. The zero-order valence-corrected chi connectivity index (χ0v) is 11.3. The lowest BCUT2D eigenvalue weighted by Crippen LogP contribution is -2.11. The number of carbonyl (C=O) groups excluding carboxylic acids is 1. The molecule has 1 amide bonds. The first kappa shape index (κ1) is 13.5. The topological polar surface area (TPSA) is 81.1 Å². The number of anilines is 3. The summed E-state index contributed by atoms with van der Waals surface area (Å²) in [5.74, 6) is -0.524. The van der Waals surface area contributed by atoms with Crippen molar-refractivity contribution in [1.29, 1.82) is 0 Å². The number of nitrogen functional groups attached to an aromatic ring is 1. The summed E-state index contributed by atoms with van der Waals surface area (Å²) in [4.78, 5) is 11.0. The zero-order chi connectivity index (χ0) is 14.0. The van der Waals surface area contributed by atoms with Crippen molar-refractivity contribution in [3.63, 3.8) is 0 Å². The van der Waals surface area contributed by atoms with E-state index in [9.17, 15) is 4.79 Å². The van der Waals surface area contributed by atoms with E-state index in [4.69, 9.17) is 34.7 Å². The summed E-state index contributed by atoms with van der Waals surface area (Å²) in [5.41, 5.74) is 13.1. The lowest BCUT2D eigenvalue weighted by Gasteiger charge is -2.11. The van der Waals surface area contributed by atoms with Crippen molar-refractivity contribution in [2.45, 2.75) is 0 Å². The van der Waals surface area contributed by atoms with Crippen LogP contribution in [0.2, 0.25) is 10.0 Å². The Labute approximate surface area is 120 Å². The minimum Gasteiger partial charge on any atom is -0.397 e. The molecule has 0 heterocycles. The molecule has 0 atom stereocenters. The SMILES string of the molecule is NC(=O)c1ccc(Nc2cc(Cl)cc(Cl)c2)c(N)c1. The van der Waals surface area contributed by atoms with Crippen LogP contribution in [0.3, 0.4) is 0 Å².